The summed E-state index contributed by atoms with van der Waals surface area (Å²) < 4.78 is 11.0. The van der Waals surface area contributed by atoms with Crippen LogP contribution in [-0.4, -0.2) is 28.9 Å². The number of hydrogen-bond acceptors (Lipinski definition) is 4. The highest BCUT2D eigenvalue weighted by atomic mass is 16.5. The van der Waals surface area contributed by atoms with Gasteiger partial charge in [0.05, 0.1) is 6.10 Å². The third-order valence-corrected chi connectivity index (χ3v) is 2.29. The number of carboxylic acid groups (broad SMARTS) is 1. The van der Waals surface area contributed by atoms with Crippen LogP contribution in [0.1, 0.15) is 13.8 Å². The lowest BCUT2D eigenvalue weighted by Gasteiger charge is -2.09. The van der Waals surface area contributed by atoms with Gasteiger partial charge in [0.2, 0.25) is 0 Å². The highest BCUT2D eigenvalue weighted by Gasteiger charge is 2.00. The van der Waals surface area contributed by atoms with Crippen molar-refractivity contribution in [2.75, 3.05) is 6.61 Å². The van der Waals surface area contributed by atoms with Crippen LogP contribution in [0.5, 0.6) is 17.2 Å². The average molecular weight is 304 g/mol. The standard InChI is InChI=1S/C15H16O3.C2H4O2/c1-12(16)11-17-13-7-9-15(10-8-13)18-14-5-3-2-4-6-14;1-2(3)4/h2-10,12,16H,11H2,1H3;1H3,(H,3,4)/t12-;/m0./s1. The molecule has 0 aliphatic carbocycles. The number of carboxylic acids is 1. The van der Waals surface area contributed by atoms with Crippen LogP contribution in [0.15, 0.2) is 54.6 Å². The van der Waals surface area contributed by atoms with Crippen molar-refractivity contribution in [3.8, 4) is 17.2 Å². The fourth-order valence-corrected chi connectivity index (χ4v) is 1.45. The van der Waals surface area contributed by atoms with Gasteiger partial charge in [-0.05, 0) is 43.3 Å². The topological polar surface area (TPSA) is 76.0 Å². The molecule has 0 spiro atoms. The first-order valence-corrected chi connectivity index (χ1v) is 6.80. The fraction of sp³-hybridized carbons (Fsp3) is 0.235. The Morgan fingerprint density at radius 3 is 1.95 bits per heavy atom. The maximum atomic E-state index is 9.11. The van der Waals surface area contributed by atoms with Gasteiger partial charge in [0.1, 0.15) is 23.9 Å². The quantitative estimate of drug-likeness (QED) is 0.886. The Kier molecular flexibility index (Phi) is 7.50. The third-order valence-electron chi connectivity index (χ3n) is 2.29. The van der Waals surface area contributed by atoms with E-state index in [-0.39, 0.29) is 0 Å². The van der Waals surface area contributed by atoms with Crippen molar-refractivity contribution in [2.45, 2.75) is 20.0 Å². The number of rotatable bonds is 5. The Labute approximate surface area is 129 Å². The molecule has 5 heteroatoms. The second kappa shape index (κ2) is 9.41. The van der Waals surface area contributed by atoms with E-state index in [1.807, 2.05) is 54.6 Å². The number of aliphatic hydroxyl groups is 1. The predicted molar refractivity (Wildman–Crippen MR) is 83.4 cm³/mol. The summed E-state index contributed by atoms with van der Waals surface area (Å²) in [4.78, 5) is 9.00. The minimum atomic E-state index is -0.833. The molecule has 1 atom stereocenters. The zero-order valence-electron chi connectivity index (χ0n) is 12.6. The summed E-state index contributed by atoms with van der Waals surface area (Å²) in [7, 11) is 0. The van der Waals surface area contributed by atoms with Gasteiger partial charge in [-0.2, -0.15) is 0 Å². The van der Waals surface area contributed by atoms with E-state index >= 15 is 0 Å². The van der Waals surface area contributed by atoms with Crippen LogP contribution in [0.3, 0.4) is 0 Å². The van der Waals surface area contributed by atoms with Crippen molar-refractivity contribution < 1.29 is 24.5 Å². The molecule has 0 saturated heterocycles. The van der Waals surface area contributed by atoms with E-state index < -0.39 is 12.1 Å². The highest BCUT2D eigenvalue weighted by molar-refractivity contribution is 5.62. The molecule has 0 bridgehead atoms. The van der Waals surface area contributed by atoms with Crippen molar-refractivity contribution in [1.29, 1.82) is 0 Å². The van der Waals surface area contributed by atoms with Gasteiger partial charge in [0.15, 0.2) is 0 Å². The van der Waals surface area contributed by atoms with Gasteiger partial charge in [-0.3, -0.25) is 4.79 Å². The molecule has 0 unspecified atom stereocenters. The Balaban J connectivity index is 0.000000541. The smallest absolute Gasteiger partial charge is 0.300 e. The molecule has 0 radical (unpaired) electrons. The molecule has 0 aliphatic heterocycles. The number of carbonyl (C=O) groups is 1. The van der Waals surface area contributed by atoms with Crippen molar-refractivity contribution in [3.05, 3.63) is 54.6 Å². The van der Waals surface area contributed by atoms with Crippen LogP contribution >= 0.6 is 0 Å². The summed E-state index contributed by atoms with van der Waals surface area (Å²) in [6.07, 6.45) is -0.467. The summed E-state index contributed by atoms with van der Waals surface area (Å²) in [5, 5.41) is 16.5. The largest absolute Gasteiger partial charge is 0.491 e. The zero-order chi connectivity index (χ0) is 16.4. The Bertz CT molecular complexity index is 545. The molecule has 0 amide bonds. The Morgan fingerprint density at radius 2 is 1.45 bits per heavy atom. The molecule has 2 N–H and O–H groups in total. The minimum absolute atomic E-state index is 0.291. The van der Waals surface area contributed by atoms with Gasteiger partial charge in [0, 0.05) is 6.92 Å². The molecule has 22 heavy (non-hydrogen) atoms. The second-order valence-corrected chi connectivity index (χ2v) is 4.57. The first-order chi connectivity index (χ1) is 10.5. The third kappa shape index (κ3) is 7.91. The molecule has 118 valence electrons. The van der Waals surface area contributed by atoms with Crippen LogP contribution in [0.4, 0.5) is 0 Å². The van der Waals surface area contributed by atoms with Gasteiger partial charge in [-0.25, -0.2) is 0 Å². The number of hydrogen-bond donors (Lipinski definition) is 2. The normalized spacial score (nSPS) is 10.9. The maximum Gasteiger partial charge on any atom is 0.300 e. The molecule has 0 aliphatic rings. The maximum absolute atomic E-state index is 9.11. The minimum Gasteiger partial charge on any atom is -0.491 e. The number of para-hydroxylation sites is 1. The van der Waals surface area contributed by atoms with E-state index in [9.17, 15) is 0 Å². The molecule has 0 aromatic heterocycles. The number of ether oxygens (including phenoxy) is 2. The predicted octanol–water partition coefficient (Wildman–Crippen LogP) is 3.33. The van der Waals surface area contributed by atoms with Crippen LogP contribution in [0.25, 0.3) is 0 Å². The SMILES string of the molecule is CC(=O)O.C[C@H](O)COc1ccc(Oc2ccccc2)cc1. The Hall–Kier alpha value is -2.53. The van der Waals surface area contributed by atoms with Crippen LogP contribution in [0.2, 0.25) is 0 Å². The number of aliphatic carboxylic acids is 1. The number of aliphatic hydroxyl groups excluding tert-OH is 1. The van der Waals surface area contributed by atoms with E-state index in [2.05, 4.69) is 0 Å². The lowest BCUT2D eigenvalue weighted by atomic mass is 10.3. The van der Waals surface area contributed by atoms with Gasteiger partial charge < -0.3 is 19.7 Å². The highest BCUT2D eigenvalue weighted by Crippen LogP contribution is 2.23. The van der Waals surface area contributed by atoms with E-state index in [0.29, 0.717) is 6.61 Å². The molecule has 0 saturated carbocycles. The molecule has 0 heterocycles. The van der Waals surface area contributed by atoms with E-state index in [1.54, 1.807) is 6.92 Å². The first kappa shape index (κ1) is 17.5. The molecule has 2 aromatic carbocycles. The first-order valence-electron chi connectivity index (χ1n) is 6.80. The van der Waals surface area contributed by atoms with E-state index in [0.717, 1.165) is 24.2 Å². The molecule has 0 fully saturated rings. The lowest BCUT2D eigenvalue weighted by molar-refractivity contribution is -0.134. The summed E-state index contributed by atoms with van der Waals surface area (Å²) in [6.45, 7) is 3.06. The molecular formula is C17H20O5. The summed E-state index contributed by atoms with van der Waals surface area (Å²) >= 11 is 0. The summed E-state index contributed by atoms with van der Waals surface area (Å²) in [5.74, 6) is 1.44. The van der Waals surface area contributed by atoms with E-state index in [4.69, 9.17) is 24.5 Å². The van der Waals surface area contributed by atoms with Gasteiger partial charge in [-0.1, -0.05) is 18.2 Å². The van der Waals surface area contributed by atoms with E-state index in [1.165, 1.54) is 0 Å². The van der Waals surface area contributed by atoms with Crippen molar-refractivity contribution in [3.63, 3.8) is 0 Å². The average Bonchev–Trinajstić information content (AvgIpc) is 2.47. The van der Waals surface area contributed by atoms with Gasteiger partial charge in [-0.15, -0.1) is 0 Å². The molecular weight excluding hydrogens is 284 g/mol. The number of benzene rings is 2. The lowest BCUT2D eigenvalue weighted by Crippen LogP contribution is -2.12. The monoisotopic (exact) mass is 304 g/mol. The van der Waals surface area contributed by atoms with Crippen LogP contribution in [0, 0.1) is 0 Å². The van der Waals surface area contributed by atoms with Gasteiger partial charge in [0.25, 0.3) is 5.97 Å². The Morgan fingerprint density at radius 1 is 1.00 bits per heavy atom. The molecule has 2 rings (SSSR count). The zero-order valence-corrected chi connectivity index (χ0v) is 12.6. The van der Waals surface area contributed by atoms with Crippen LogP contribution < -0.4 is 9.47 Å². The van der Waals surface area contributed by atoms with Crippen molar-refractivity contribution >= 4 is 5.97 Å². The van der Waals surface area contributed by atoms with Crippen LogP contribution in [-0.2, 0) is 4.79 Å². The van der Waals surface area contributed by atoms with Crippen molar-refractivity contribution in [1.82, 2.24) is 0 Å². The van der Waals surface area contributed by atoms with Gasteiger partial charge >= 0.3 is 0 Å². The fourth-order valence-electron chi connectivity index (χ4n) is 1.45. The second-order valence-electron chi connectivity index (χ2n) is 4.57. The summed E-state index contributed by atoms with van der Waals surface area (Å²) in [6, 6.07) is 16.9. The molecule has 5 nitrogen and oxygen atoms in total. The van der Waals surface area contributed by atoms with Crippen molar-refractivity contribution in [2.24, 2.45) is 0 Å². The summed E-state index contributed by atoms with van der Waals surface area (Å²) in [5.41, 5.74) is 0. The molecule has 2 aromatic rings.